The largest absolute Gasteiger partial charge is 0.355 e. The van der Waals surface area contributed by atoms with Crippen molar-refractivity contribution >= 4 is 39.1 Å². The van der Waals surface area contributed by atoms with Crippen molar-refractivity contribution in [2.75, 3.05) is 30.2 Å². The smallest absolute Gasteiger partial charge is 0.244 e. The Balaban J connectivity index is 2.39. The van der Waals surface area contributed by atoms with Crippen molar-refractivity contribution in [3.63, 3.8) is 0 Å². The topological polar surface area (TPSA) is 86.8 Å². The molecule has 0 saturated heterocycles. The Morgan fingerprint density at radius 2 is 1.73 bits per heavy atom. The Labute approximate surface area is 201 Å². The van der Waals surface area contributed by atoms with Gasteiger partial charge < -0.3 is 10.2 Å². The van der Waals surface area contributed by atoms with Gasteiger partial charge in [-0.1, -0.05) is 54.9 Å². The number of hydrogen-bond acceptors (Lipinski definition) is 4. The van der Waals surface area contributed by atoms with E-state index in [2.05, 4.69) is 5.32 Å². The van der Waals surface area contributed by atoms with Gasteiger partial charge in [-0.05, 0) is 49.9 Å². The SMILES string of the molecule is CCNC(=O)[C@H](CC)N(CCc1ccccc1)C(=O)CN(c1cccc(Cl)c1C)S(C)(=O)=O. The average molecular weight is 494 g/mol. The second-order valence-corrected chi connectivity index (χ2v) is 10.1. The van der Waals surface area contributed by atoms with Gasteiger partial charge in [-0.25, -0.2) is 8.42 Å². The first-order valence-electron chi connectivity index (χ1n) is 10.9. The molecule has 0 unspecified atom stereocenters. The Morgan fingerprint density at radius 1 is 1.06 bits per heavy atom. The second kappa shape index (κ2) is 12.0. The molecular weight excluding hydrogens is 462 g/mol. The molecule has 2 aromatic rings. The molecule has 0 bridgehead atoms. The van der Waals surface area contributed by atoms with Gasteiger partial charge in [0.2, 0.25) is 21.8 Å². The average Bonchev–Trinajstić information content (AvgIpc) is 2.77. The van der Waals surface area contributed by atoms with Crippen molar-refractivity contribution in [3.05, 3.63) is 64.7 Å². The molecule has 0 radical (unpaired) electrons. The Bertz CT molecular complexity index is 1060. The molecule has 2 aromatic carbocycles. The minimum atomic E-state index is -3.79. The van der Waals surface area contributed by atoms with E-state index in [0.29, 0.717) is 35.7 Å². The summed E-state index contributed by atoms with van der Waals surface area (Å²) in [4.78, 5) is 27.7. The summed E-state index contributed by atoms with van der Waals surface area (Å²) < 4.78 is 26.3. The maximum atomic E-state index is 13.5. The zero-order valence-electron chi connectivity index (χ0n) is 19.5. The highest BCUT2D eigenvalue weighted by molar-refractivity contribution is 7.92. The van der Waals surface area contributed by atoms with Gasteiger partial charge in [0, 0.05) is 18.1 Å². The Morgan fingerprint density at radius 3 is 2.30 bits per heavy atom. The van der Waals surface area contributed by atoms with Gasteiger partial charge in [0.05, 0.1) is 11.9 Å². The number of rotatable bonds is 11. The molecule has 0 spiro atoms. The van der Waals surface area contributed by atoms with Crippen LogP contribution in [0.25, 0.3) is 0 Å². The van der Waals surface area contributed by atoms with E-state index < -0.39 is 28.5 Å². The van der Waals surface area contributed by atoms with Crippen molar-refractivity contribution in [2.45, 2.75) is 39.7 Å². The lowest BCUT2D eigenvalue weighted by molar-refractivity contribution is -0.139. The summed E-state index contributed by atoms with van der Waals surface area (Å²) in [5.41, 5.74) is 1.92. The minimum Gasteiger partial charge on any atom is -0.355 e. The highest BCUT2D eigenvalue weighted by Crippen LogP contribution is 2.28. The zero-order chi connectivity index (χ0) is 24.6. The molecule has 0 fully saturated rings. The number of benzene rings is 2. The number of carbonyl (C=O) groups is 2. The van der Waals surface area contributed by atoms with Crippen molar-refractivity contribution in [3.8, 4) is 0 Å². The Kier molecular flexibility index (Phi) is 9.73. The van der Waals surface area contributed by atoms with Crippen LogP contribution in [0.4, 0.5) is 5.69 Å². The van der Waals surface area contributed by atoms with Crippen molar-refractivity contribution < 1.29 is 18.0 Å². The summed E-state index contributed by atoms with van der Waals surface area (Å²) in [6.07, 6.45) is 2.00. The molecule has 0 heterocycles. The van der Waals surface area contributed by atoms with Crippen molar-refractivity contribution in [1.82, 2.24) is 10.2 Å². The van der Waals surface area contributed by atoms with Crippen LogP contribution < -0.4 is 9.62 Å². The molecular formula is C24H32ClN3O4S. The van der Waals surface area contributed by atoms with E-state index in [1.54, 1.807) is 25.1 Å². The van der Waals surface area contributed by atoms with Gasteiger partial charge in [0.25, 0.3) is 0 Å². The Hall–Kier alpha value is -2.58. The van der Waals surface area contributed by atoms with E-state index >= 15 is 0 Å². The molecule has 2 amide bonds. The quantitative estimate of drug-likeness (QED) is 0.519. The molecule has 1 N–H and O–H groups in total. The van der Waals surface area contributed by atoms with Crippen LogP contribution in [-0.4, -0.2) is 57.1 Å². The van der Waals surface area contributed by atoms with Gasteiger partial charge in [-0.2, -0.15) is 0 Å². The van der Waals surface area contributed by atoms with Crippen molar-refractivity contribution in [1.29, 1.82) is 0 Å². The van der Waals surface area contributed by atoms with Crippen LogP contribution in [0, 0.1) is 6.92 Å². The third-order valence-electron chi connectivity index (χ3n) is 5.41. The van der Waals surface area contributed by atoms with E-state index in [4.69, 9.17) is 11.6 Å². The molecule has 0 aliphatic heterocycles. The third kappa shape index (κ3) is 7.20. The molecule has 0 saturated carbocycles. The predicted octanol–water partition coefficient (Wildman–Crippen LogP) is 3.40. The molecule has 0 aliphatic carbocycles. The second-order valence-electron chi connectivity index (χ2n) is 7.79. The molecule has 2 rings (SSSR count). The third-order valence-corrected chi connectivity index (χ3v) is 6.94. The van der Waals surface area contributed by atoms with E-state index in [1.807, 2.05) is 44.2 Å². The van der Waals surface area contributed by atoms with E-state index in [0.717, 1.165) is 16.1 Å². The first-order chi connectivity index (χ1) is 15.6. The lowest BCUT2D eigenvalue weighted by Gasteiger charge is -2.33. The normalized spacial score (nSPS) is 12.2. The summed E-state index contributed by atoms with van der Waals surface area (Å²) in [6, 6.07) is 13.9. The molecule has 0 aliphatic rings. The predicted molar refractivity (Wildman–Crippen MR) is 133 cm³/mol. The van der Waals surface area contributed by atoms with Crippen LogP contribution in [-0.2, 0) is 26.0 Å². The van der Waals surface area contributed by atoms with Gasteiger partial charge in [0.15, 0.2) is 0 Å². The number of nitrogens with zero attached hydrogens (tertiary/aromatic N) is 2. The summed E-state index contributed by atoms with van der Waals surface area (Å²) in [6.45, 7) is 5.64. The van der Waals surface area contributed by atoms with E-state index in [9.17, 15) is 18.0 Å². The number of amides is 2. The first-order valence-corrected chi connectivity index (χ1v) is 13.2. The molecule has 180 valence electrons. The van der Waals surface area contributed by atoms with Gasteiger partial charge in [-0.3, -0.25) is 13.9 Å². The maximum absolute atomic E-state index is 13.5. The summed E-state index contributed by atoms with van der Waals surface area (Å²) in [5, 5.41) is 3.19. The first kappa shape index (κ1) is 26.7. The zero-order valence-corrected chi connectivity index (χ0v) is 21.1. The number of sulfonamides is 1. The van der Waals surface area contributed by atoms with Crippen LogP contribution in [0.5, 0.6) is 0 Å². The number of carbonyl (C=O) groups excluding carboxylic acids is 2. The fourth-order valence-corrected chi connectivity index (χ4v) is 4.72. The summed E-state index contributed by atoms with van der Waals surface area (Å²) >= 11 is 6.20. The van der Waals surface area contributed by atoms with E-state index in [-0.39, 0.29) is 12.5 Å². The number of anilines is 1. The highest BCUT2D eigenvalue weighted by Gasteiger charge is 2.31. The fraction of sp³-hybridized carbons (Fsp3) is 0.417. The van der Waals surface area contributed by atoms with Gasteiger partial charge >= 0.3 is 0 Å². The van der Waals surface area contributed by atoms with Crippen LogP contribution in [0.1, 0.15) is 31.4 Å². The highest BCUT2D eigenvalue weighted by atomic mass is 35.5. The lowest BCUT2D eigenvalue weighted by atomic mass is 10.1. The minimum absolute atomic E-state index is 0.258. The van der Waals surface area contributed by atoms with Crippen LogP contribution >= 0.6 is 11.6 Å². The number of nitrogens with one attached hydrogen (secondary N) is 1. The monoisotopic (exact) mass is 493 g/mol. The molecule has 33 heavy (non-hydrogen) atoms. The summed E-state index contributed by atoms with van der Waals surface area (Å²) in [5.74, 6) is -0.708. The van der Waals surface area contributed by atoms with Gasteiger partial charge in [0.1, 0.15) is 12.6 Å². The van der Waals surface area contributed by atoms with Crippen LogP contribution in [0.3, 0.4) is 0 Å². The number of halogens is 1. The maximum Gasteiger partial charge on any atom is 0.244 e. The lowest BCUT2D eigenvalue weighted by Crippen LogP contribution is -2.53. The van der Waals surface area contributed by atoms with Crippen molar-refractivity contribution in [2.24, 2.45) is 0 Å². The molecule has 0 aromatic heterocycles. The molecule has 9 heteroatoms. The van der Waals surface area contributed by atoms with Crippen LogP contribution in [0.2, 0.25) is 5.02 Å². The van der Waals surface area contributed by atoms with E-state index in [1.165, 1.54) is 4.90 Å². The molecule has 1 atom stereocenters. The number of hydrogen-bond donors (Lipinski definition) is 1. The number of likely N-dealkylation sites (N-methyl/N-ethyl adjacent to an activating group) is 1. The fourth-order valence-electron chi connectivity index (χ4n) is 3.65. The summed E-state index contributed by atoms with van der Waals surface area (Å²) in [7, 11) is -3.79. The molecule has 7 nitrogen and oxygen atoms in total. The standard InChI is InChI=1S/C24H32ClN3O4S/c1-5-21(24(30)26-6-2)27(16-15-19-11-8-7-9-12-19)23(29)17-28(33(4,31)32)22-14-10-13-20(25)18(22)3/h7-14,21H,5-6,15-17H2,1-4H3,(H,26,30)/t21-/m0/s1. The van der Waals surface area contributed by atoms with Crippen LogP contribution in [0.15, 0.2) is 48.5 Å². The van der Waals surface area contributed by atoms with Gasteiger partial charge in [-0.15, -0.1) is 0 Å².